The molecule has 9 nitrogen and oxygen atoms in total. The fraction of sp³-hybridized carbons (Fsp3) is 0.300. The molecule has 1 N–H and O–H groups in total. The smallest absolute Gasteiger partial charge is 0.336 e. The third-order valence-corrected chi connectivity index (χ3v) is 6.82. The molecule has 1 aliphatic rings. The van der Waals surface area contributed by atoms with Crippen LogP contribution < -0.4 is 9.47 Å². The Bertz CT molecular complexity index is 1060. The van der Waals surface area contributed by atoms with E-state index < -0.39 is 21.9 Å². The van der Waals surface area contributed by atoms with E-state index in [0.29, 0.717) is 5.75 Å². The first-order valence-corrected chi connectivity index (χ1v) is 10.6. The van der Waals surface area contributed by atoms with Gasteiger partial charge in [0, 0.05) is 32.2 Å². The molecule has 1 saturated heterocycles. The molecule has 10 heteroatoms. The number of sulfonamides is 1. The van der Waals surface area contributed by atoms with E-state index in [9.17, 15) is 23.1 Å². The molecule has 0 radical (unpaired) electrons. The highest BCUT2D eigenvalue weighted by molar-refractivity contribution is 7.89. The Labute approximate surface area is 174 Å². The van der Waals surface area contributed by atoms with Crippen molar-refractivity contribution in [3.63, 3.8) is 0 Å². The topological polar surface area (TPSA) is 113 Å². The van der Waals surface area contributed by atoms with Crippen LogP contribution in [0.15, 0.2) is 47.4 Å². The SMILES string of the molecule is COc1ccc(OC)c(S(=O)(=O)N2CCN(C(=O)c3ccccc3C(=O)O)CC2)c1. The van der Waals surface area contributed by atoms with Crippen LogP contribution in [0.3, 0.4) is 0 Å². The molecule has 0 spiro atoms. The Balaban J connectivity index is 1.79. The lowest BCUT2D eigenvalue weighted by molar-refractivity contribution is 0.0656. The van der Waals surface area contributed by atoms with E-state index in [2.05, 4.69) is 0 Å². The molecule has 30 heavy (non-hydrogen) atoms. The number of methoxy groups -OCH3 is 2. The van der Waals surface area contributed by atoms with E-state index >= 15 is 0 Å². The van der Waals surface area contributed by atoms with Crippen LogP contribution in [0.2, 0.25) is 0 Å². The summed E-state index contributed by atoms with van der Waals surface area (Å²) in [5.74, 6) is -1.05. The van der Waals surface area contributed by atoms with Crippen LogP contribution in [0.4, 0.5) is 0 Å². The van der Waals surface area contributed by atoms with Crippen molar-refractivity contribution in [2.45, 2.75) is 4.90 Å². The van der Waals surface area contributed by atoms with E-state index in [1.165, 1.54) is 47.7 Å². The molecule has 160 valence electrons. The summed E-state index contributed by atoms with van der Waals surface area (Å²) in [7, 11) is -1.05. The normalized spacial score (nSPS) is 14.9. The molecule has 0 unspecified atom stereocenters. The number of hydrogen-bond donors (Lipinski definition) is 1. The second kappa shape index (κ2) is 8.72. The van der Waals surface area contributed by atoms with Crippen molar-refractivity contribution in [2.75, 3.05) is 40.4 Å². The van der Waals surface area contributed by atoms with Gasteiger partial charge in [0.05, 0.1) is 25.3 Å². The number of hydrogen-bond acceptors (Lipinski definition) is 6. The number of amides is 1. The third kappa shape index (κ3) is 4.10. The number of ether oxygens (including phenoxy) is 2. The van der Waals surface area contributed by atoms with Crippen molar-refractivity contribution < 1.29 is 32.6 Å². The monoisotopic (exact) mass is 434 g/mol. The van der Waals surface area contributed by atoms with Crippen LogP contribution in [0.1, 0.15) is 20.7 Å². The summed E-state index contributed by atoms with van der Waals surface area (Å²) in [4.78, 5) is 25.6. The summed E-state index contributed by atoms with van der Waals surface area (Å²) in [5, 5.41) is 9.30. The first kappa shape index (κ1) is 21.6. The molecule has 0 saturated carbocycles. The molecule has 2 aromatic rings. The van der Waals surface area contributed by atoms with Crippen molar-refractivity contribution in [2.24, 2.45) is 0 Å². The van der Waals surface area contributed by atoms with E-state index in [1.54, 1.807) is 18.2 Å². The zero-order valence-corrected chi connectivity index (χ0v) is 17.4. The molecular weight excluding hydrogens is 412 g/mol. The van der Waals surface area contributed by atoms with Gasteiger partial charge in [-0.3, -0.25) is 4.79 Å². The van der Waals surface area contributed by atoms with E-state index in [-0.39, 0.29) is 48.0 Å². The zero-order chi connectivity index (χ0) is 21.9. The van der Waals surface area contributed by atoms with E-state index in [0.717, 1.165) is 0 Å². The zero-order valence-electron chi connectivity index (χ0n) is 16.6. The van der Waals surface area contributed by atoms with Gasteiger partial charge in [-0.25, -0.2) is 13.2 Å². The molecular formula is C20H22N2O7S. The summed E-state index contributed by atoms with van der Waals surface area (Å²) in [6.07, 6.45) is 0. The molecule has 1 amide bonds. The minimum Gasteiger partial charge on any atom is -0.497 e. The number of piperazine rings is 1. The van der Waals surface area contributed by atoms with Crippen molar-refractivity contribution in [3.8, 4) is 11.5 Å². The van der Waals surface area contributed by atoms with Crippen LogP contribution in [0, 0.1) is 0 Å². The number of carboxylic acid groups (broad SMARTS) is 1. The average molecular weight is 434 g/mol. The second-order valence-electron chi connectivity index (χ2n) is 6.56. The van der Waals surface area contributed by atoms with Crippen LogP contribution in [0.25, 0.3) is 0 Å². The van der Waals surface area contributed by atoms with Crippen molar-refractivity contribution in [1.82, 2.24) is 9.21 Å². The minimum absolute atomic E-state index is 0.0136. The van der Waals surface area contributed by atoms with Gasteiger partial charge >= 0.3 is 5.97 Å². The van der Waals surface area contributed by atoms with Crippen molar-refractivity contribution in [3.05, 3.63) is 53.6 Å². The molecule has 1 heterocycles. The summed E-state index contributed by atoms with van der Waals surface area (Å²) < 4.78 is 37.9. The van der Waals surface area contributed by atoms with Gasteiger partial charge in [0.1, 0.15) is 16.4 Å². The summed E-state index contributed by atoms with van der Waals surface area (Å²) >= 11 is 0. The number of benzene rings is 2. The quantitative estimate of drug-likeness (QED) is 0.734. The largest absolute Gasteiger partial charge is 0.497 e. The predicted octanol–water partition coefficient (Wildman–Crippen LogP) is 1.55. The highest BCUT2D eigenvalue weighted by Gasteiger charge is 2.33. The lowest BCUT2D eigenvalue weighted by Crippen LogP contribution is -2.50. The van der Waals surface area contributed by atoms with Gasteiger partial charge in [-0.2, -0.15) is 4.31 Å². The Morgan fingerprint density at radius 3 is 2.13 bits per heavy atom. The molecule has 1 fully saturated rings. The maximum atomic E-state index is 13.1. The lowest BCUT2D eigenvalue weighted by Gasteiger charge is -2.34. The van der Waals surface area contributed by atoms with Crippen LogP contribution in [0.5, 0.6) is 11.5 Å². The lowest BCUT2D eigenvalue weighted by atomic mass is 10.1. The number of aromatic carboxylic acids is 1. The molecule has 3 rings (SSSR count). The highest BCUT2D eigenvalue weighted by Crippen LogP contribution is 2.31. The Morgan fingerprint density at radius 2 is 1.57 bits per heavy atom. The van der Waals surface area contributed by atoms with Crippen LogP contribution in [-0.4, -0.2) is 75.0 Å². The number of carbonyl (C=O) groups excluding carboxylic acids is 1. The maximum absolute atomic E-state index is 13.1. The van der Waals surface area contributed by atoms with Crippen molar-refractivity contribution >= 4 is 21.9 Å². The highest BCUT2D eigenvalue weighted by atomic mass is 32.2. The van der Waals surface area contributed by atoms with Gasteiger partial charge in [-0.15, -0.1) is 0 Å². The maximum Gasteiger partial charge on any atom is 0.336 e. The van der Waals surface area contributed by atoms with Crippen molar-refractivity contribution in [1.29, 1.82) is 0 Å². The number of carboxylic acids is 1. The molecule has 0 aliphatic carbocycles. The summed E-state index contributed by atoms with van der Waals surface area (Å²) in [5.41, 5.74) is -0.00515. The standard InChI is InChI=1S/C20H22N2O7S/c1-28-14-7-8-17(29-2)18(13-14)30(26,27)22-11-9-21(10-12-22)19(23)15-5-3-4-6-16(15)20(24)25/h3-8,13H,9-12H2,1-2H3,(H,24,25). The first-order chi connectivity index (χ1) is 14.3. The van der Waals surface area contributed by atoms with E-state index in [1.807, 2.05) is 0 Å². The van der Waals surface area contributed by atoms with Gasteiger partial charge in [-0.05, 0) is 24.3 Å². The molecule has 2 aromatic carbocycles. The van der Waals surface area contributed by atoms with Gasteiger partial charge < -0.3 is 19.5 Å². The summed E-state index contributed by atoms with van der Waals surface area (Å²) in [6.45, 7) is 0.421. The molecule has 1 aliphatic heterocycles. The Kier molecular flexibility index (Phi) is 6.28. The molecule has 0 bridgehead atoms. The van der Waals surface area contributed by atoms with Gasteiger partial charge in [0.15, 0.2) is 0 Å². The second-order valence-corrected chi connectivity index (χ2v) is 8.47. The first-order valence-electron chi connectivity index (χ1n) is 9.13. The Hall–Kier alpha value is -3.11. The van der Waals surface area contributed by atoms with Gasteiger partial charge in [0.2, 0.25) is 10.0 Å². The molecule has 0 atom stereocenters. The third-order valence-electron chi connectivity index (χ3n) is 4.90. The number of rotatable bonds is 6. The van der Waals surface area contributed by atoms with Gasteiger partial charge in [0.25, 0.3) is 5.91 Å². The minimum atomic E-state index is -3.88. The Morgan fingerprint density at radius 1 is 0.933 bits per heavy atom. The number of nitrogens with zero attached hydrogens (tertiary/aromatic N) is 2. The van der Waals surface area contributed by atoms with Gasteiger partial charge in [-0.1, -0.05) is 12.1 Å². The molecule has 0 aromatic heterocycles. The van der Waals surface area contributed by atoms with Crippen LogP contribution >= 0.6 is 0 Å². The predicted molar refractivity (Wildman–Crippen MR) is 108 cm³/mol. The summed E-state index contributed by atoms with van der Waals surface area (Å²) in [6, 6.07) is 10.5. The fourth-order valence-corrected chi connectivity index (χ4v) is 4.88. The average Bonchev–Trinajstić information content (AvgIpc) is 2.78. The van der Waals surface area contributed by atoms with E-state index in [4.69, 9.17) is 9.47 Å². The fourth-order valence-electron chi connectivity index (χ4n) is 3.28. The van der Waals surface area contributed by atoms with Crippen LogP contribution in [-0.2, 0) is 10.0 Å². The number of carbonyl (C=O) groups is 2.